The summed E-state index contributed by atoms with van der Waals surface area (Å²) in [5.41, 5.74) is -0.534. The standard InChI is InChI=1S/C30H21F3N4O8S2/c1-44-20-11-14(5-10-19(20)45-13-21(38)34-16-4-2-3-15(12-16)30(31,32)33)22-23-25(46-26-24(22)47-29(41)35-26)28(40)36(27(23)39)17-6-8-18(9-7-17)37(42)43/h2-12,22-23,25H,13H2,1H3,(H,34,38)(H,35,41)/t22-,23-,25+/m0/s1. The molecule has 0 bridgehead atoms. The first-order chi connectivity index (χ1) is 22.3. The molecule has 3 atom stereocenters. The first-order valence-electron chi connectivity index (χ1n) is 13.7. The van der Waals surface area contributed by atoms with E-state index in [0.29, 0.717) is 15.5 Å². The second-order valence-corrected chi connectivity index (χ2v) is 12.5. The van der Waals surface area contributed by atoms with Crippen molar-refractivity contribution in [2.24, 2.45) is 5.92 Å². The average molecular weight is 687 g/mol. The van der Waals surface area contributed by atoms with Crippen molar-refractivity contribution in [1.29, 1.82) is 0 Å². The Morgan fingerprint density at radius 3 is 2.47 bits per heavy atom. The van der Waals surface area contributed by atoms with Crippen molar-refractivity contribution in [3.8, 4) is 11.5 Å². The molecule has 0 aliphatic carbocycles. The van der Waals surface area contributed by atoms with Gasteiger partial charge in [0, 0.05) is 28.6 Å². The Kier molecular flexibility index (Phi) is 8.27. The lowest BCUT2D eigenvalue weighted by atomic mass is 9.83. The number of ether oxygens (including phenoxy) is 2. The summed E-state index contributed by atoms with van der Waals surface area (Å²) < 4.78 is 50.2. The number of carbonyl (C=O) groups is 3. The second-order valence-electron chi connectivity index (χ2n) is 10.4. The Balaban J connectivity index is 1.26. The van der Waals surface area contributed by atoms with E-state index < -0.39 is 58.1 Å². The normalized spacial score (nSPS) is 18.8. The number of aromatic nitrogens is 1. The molecule has 47 heavy (non-hydrogen) atoms. The number of fused-ring (bicyclic) bond motifs is 2. The van der Waals surface area contributed by atoms with Crippen molar-refractivity contribution in [2.45, 2.75) is 22.4 Å². The van der Waals surface area contributed by atoms with Crippen LogP contribution >= 0.6 is 23.1 Å². The molecule has 242 valence electrons. The summed E-state index contributed by atoms with van der Waals surface area (Å²) in [4.78, 5) is 66.8. The maximum absolute atomic E-state index is 13.9. The number of methoxy groups -OCH3 is 1. The molecule has 2 aliphatic rings. The molecule has 6 rings (SSSR count). The summed E-state index contributed by atoms with van der Waals surface area (Å²) >= 11 is 1.96. The number of thiazole rings is 1. The van der Waals surface area contributed by atoms with Gasteiger partial charge < -0.3 is 19.8 Å². The molecule has 0 saturated carbocycles. The predicted octanol–water partition coefficient (Wildman–Crippen LogP) is 5.19. The lowest BCUT2D eigenvalue weighted by Gasteiger charge is -2.30. The zero-order chi connectivity index (χ0) is 33.6. The van der Waals surface area contributed by atoms with Gasteiger partial charge in [0.2, 0.25) is 11.8 Å². The quantitative estimate of drug-likeness (QED) is 0.145. The first-order valence-corrected chi connectivity index (χ1v) is 15.3. The Labute approximate surface area is 270 Å². The number of nitro groups is 1. The number of thioether (sulfide) groups is 1. The number of alkyl halides is 3. The first kappa shape index (κ1) is 31.8. The van der Waals surface area contributed by atoms with Gasteiger partial charge in [0.25, 0.3) is 11.6 Å². The number of hydrogen-bond donors (Lipinski definition) is 2. The van der Waals surface area contributed by atoms with Gasteiger partial charge in [0.05, 0.1) is 34.2 Å². The molecule has 0 radical (unpaired) electrons. The van der Waals surface area contributed by atoms with Crippen molar-refractivity contribution >= 4 is 57.9 Å². The monoisotopic (exact) mass is 686 g/mol. The lowest BCUT2D eigenvalue weighted by Crippen LogP contribution is -2.32. The molecular weight excluding hydrogens is 665 g/mol. The number of H-pyrrole nitrogens is 1. The molecule has 1 aromatic heterocycles. The van der Waals surface area contributed by atoms with Gasteiger partial charge in [-0.3, -0.25) is 29.3 Å². The van der Waals surface area contributed by atoms with Crippen LogP contribution in [0.1, 0.15) is 21.9 Å². The number of nitrogens with zero attached hydrogens (tertiary/aromatic N) is 2. The van der Waals surface area contributed by atoms with Crippen molar-refractivity contribution in [1.82, 2.24) is 4.98 Å². The van der Waals surface area contributed by atoms with Crippen LogP contribution in [-0.4, -0.2) is 46.6 Å². The summed E-state index contributed by atoms with van der Waals surface area (Å²) in [6.07, 6.45) is -4.58. The van der Waals surface area contributed by atoms with Gasteiger partial charge in [-0.25, -0.2) is 4.90 Å². The molecule has 17 heteroatoms. The Morgan fingerprint density at radius 1 is 1.04 bits per heavy atom. The van der Waals surface area contributed by atoms with E-state index in [2.05, 4.69) is 10.3 Å². The molecule has 12 nitrogen and oxygen atoms in total. The van der Waals surface area contributed by atoms with Crippen molar-refractivity contribution in [3.63, 3.8) is 0 Å². The molecular formula is C30H21F3N4O8S2. The van der Waals surface area contributed by atoms with E-state index in [1.54, 1.807) is 12.1 Å². The van der Waals surface area contributed by atoms with E-state index in [0.717, 1.165) is 46.2 Å². The van der Waals surface area contributed by atoms with Gasteiger partial charge >= 0.3 is 11.0 Å². The van der Waals surface area contributed by atoms with Gasteiger partial charge in [-0.1, -0.05) is 35.2 Å². The highest BCUT2D eigenvalue weighted by atomic mass is 32.2. The number of non-ortho nitro benzene ring substituents is 1. The summed E-state index contributed by atoms with van der Waals surface area (Å²) in [7, 11) is 1.34. The number of carbonyl (C=O) groups excluding carboxylic acids is 3. The smallest absolute Gasteiger partial charge is 0.416 e. The molecule has 1 saturated heterocycles. The third kappa shape index (κ3) is 6.06. The highest BCUT2D eigenvalue weighted by molar-refractivity contribution is 8.00. The molecule has 3 amide bonds. The fourth-order valence-electron chi connectivity index (χ4n) is 5.46. The predicted molar refractivity (Wildman–Crippen MR) is 164 cm³/mol. The van der Waals surface area contributed by atoms with E-state index in [4.69, 9.17) is 9.47 Å². The SMILES string of the molecule is COc1cc([C@@H]2c3sc(=O)[nH]c3S[C@H]3C(=O)N(c4ccc([N+](=O)[O-])cc4)C(=O)[C@@H]23)ccc1OCC(=O)Nc1cccc(C(F)(F)F)c1. The minimum absolute atomic E-state index is 0.0692. The minimum atomic E-state index is -4.58. The molecule has 0 unspecified atom stereocenters. The van der Waals surface area contributed by atoms with Crippen molar-refractivity contribution < 1.29 is 42.0 Å². The molecule has 0 spiro atoms. The maximum Gasteiger partial charge on any atom is 0.416 e. The number of nitrogens with one attached hydrogen (secondary N) is 2. The van der Waals surface area contributed by atoms with Crippen LogP contribution in [0, 0.1) is 16.0 Å². The number of rotatable bonds is 8. The number of amides is 3. The van der Waals surface area contributed by atoms with Gasteiger partial charge in [-0.05, 0) is 48.0 Å². The van der Waals surface area contributed by atoms with Gasteiger partial charge in [-0.2, -0.15) is 13.2 Å². The number of anilines is 2. The summed E-state index contributed by atoms with van der Waals surface area (Å²) in [5.74, 6) is -3.28. The molecule has 1 fully saturated rings. The van der Waals surface area contributed by atoms with E-state index in [1.165, 1.54) is 43.5 Å². The van der Waals surface area contributed by atoms with Gasteiger partial charge in [-0.15, -0.1) is 0 Å². The zero-order valence-corrected chi connectivity index (χ0v) is 25.5. The molecule has 2 N–H and O–H groups in total. The van der Waals surface area contributed by atoms with Crippen LogP contribution in [0.4, 0.5) is 30.2 Å². The Morgan fingerprint density at radius 2 is 1.79 bits per heavy atom. The Bertz CT molecular complexity index is 1980. The zero-order valence-electron chi connectivity index (χ0n) is 23.9. The Hall–Kier alpha value is -5.16. The number of halogens is 3. The second kappa shape index (κ2) is 12.2. The van der Waals surface area contributed by atoms with Crippen LogP contribution in [0.15, 0.2) is 76.6 Å². The molecule has 3 heterocycles. The van der Waals surface area contributed by atoms with Crippen LogP contribution in [0.3, 0.4) is 0 Å². The summed E-state index contributed by atoms with van der Waals surface area (Å²) in [6, 6.07) is 13.8. The number of aromatic amines is 1. The summed E-state index contributed by atoms with van der Waals surface area (Å²) in [6.45, 7) is -0.572. The van der Waals surface area contributed by atoms with Crippen molar-refractivity contribution in [3.05, 3.63) is 103 Å². The maximum atomic E-state index is 13.9. The number of nitro benzene ring substituents is 1. The highest BCUT2D eigenvalue weighted by Gasteiger charge is 2.56. The van der Waals surface area contributed by atoms with E-state index in [9.17, 15) is 42.5 Å². The van der Waals surface area contributed by atoms with E-state index >= 15 is 0 Å². The van der Waals surface area contributed by atoms with Crippen molar-refractivity contribution in [2.75, 3.05) is 23.9 Å². The fraction of sp³-hybridized carbons (Fsp3) is 0.200. The largest absolute Gasteiger partial charge is 0.493 e. The number of imide groups is 1. The highest BCUT2D eigenvalue weighted by Crippen LogP contribution is 2.54. The molecule has 4 aromatic rings. The third-order valence-electron chi connectivity index (χ3n) is 7.52. The van der Waals surface area contributed by atoms with Crippen LogP contribution < -0.4 is 24.6 Å². The van der Waals surface area contributed by atoms with E-state index in [-0.39, 0.29) is 33.4 Å². The minimum Gasteiger partial charge on any atom is -0.493 e. The summed E-state index contributed by atoms with van der Waals surface area (Å²) in [5, 5.41) is 13.0. The lowest BCUT2D eigenvalue weighted by molar-refractivity contribution is -0.384. The number of benzene rings is 3. The van der Waals surface area contributed by atoms with E-state index in [1.807, 2.05) is 0 Å². The van der Waals surface area contributed by atoms with Crippen LogP contribution in [0.2, 0.25) is 0 Å². The topological polar surface area (TPSA) is 161 Å². The van der Waals surface area contributed by atoms with Crippen LogP contribution in [-0.2, 0) is 20.6 Å². The number of hydrogen-bond acceptors (Lipinski definition) is 10. The molecule has 2 aliphatic heterocycles. The molecule has 3 aromatic carbocycles. The van der Waals surface area contributed by atoms with Crippen LogP contribution in [0.5, 0.6) is 11.5 Å². The van der Waals surface area contributed by atoms with Crippen LogP contribution in [0.25, 0.3) is 0 Å². The average Bonchev–Trinajstić information content (AvgIpc) is 3.53. The third-order valence-corrected chi connectivity index (χ3v) is 9.92. The van der Waals surface area contributed by atoms with Gasteiger partial charge in [0.1, 0.15) is 5.25 Å². The fourth-order valence-corrected chi connectivity index (χ4v) is 7.98. The van der Waals surface area contributed by atoms with Gasteiger partial charge in [0.15, 0.2) is 18.1 Å².